The lowest BCUT2D eigenvalue weighted by atomic mass is 10.2. The van der Waals surface area contributed by atoms with E-state index in [4.69, 9.17) is 9.47 Å². The number of carbonyl (C=O) groups is 2. The zero-order valence-corrected chi connectivity index (χ0v) is 12.6. The van der Waals surface area contributed by atoms with E-state index in [-0.39, 0.29) is 23.7 Å². The summed E-state index contributed by atoms with van der Waals surface area (Å²) in [5.41, 5.74) is 0.380. The number of nitrogens with zero attached hydrogens (tertiary/aromatic N) is 1. The average molecular weight is 331 g/mol. The smallest absolute Gasteiger partial charge is 0.347 e. The first-order valence-corrected chi connectivity index (χ1v) is 6.82. The van der Waals surface area contributed by atoms with Gasteiger partial charge in [0, 0.05) is 12.5 Å². The molecule has 0 unspecified atom stereocenters. The molecule has 8 heteroatoms. The van der Waals surface area contributed by atoms with Gasteiger partial charge in [-0.1, -0.05) is 30.3 Å². The number of para-hydroxylation sites is 2. The Morgan fingerprint density at radius 3 is 2.29 bits per heavy atom. The summed E-state index contributed by atoms with van der Waals surface area (Å²) in [6, 6.07) is 12.3. The number of benzene rings is 2. The summed E-state index contributed by atoms with van der Waals surface area (Å²) in [6.45, 7) is 0.856. The number of carbonyl (C=O) groups excluding carboxylic acids is 2. The summed E-state index contributed by atoms with van der Waals surface area (Å²) in [5, 5.41) is 9.37. The van der Waals surface area contributed by atoms with Crippen molar-refractivity contribution in [3.63, 3.8) is 0 Å². The second-order valence-electron chi connectivity index (χ2n) is 4.58. The van der Waals surface area contributed by atoms with E-state index in [1.54, 1.807) is 24.3 Å². The van der Waals surface area contributed by atoms with Gasteiger partial charge in [-0.05, 0) is 18.2 Å². The van der Waals surface area contributed by atoms with Gasteiger partial charge in [-0.25, -0.2) is 4.79 Å². The topological polar surface area (TPSA) is 105 Å². The van der Waals surface area contributed by atoms with Crippen molar-refractivity contribution in [2.45, 2.75) is 13.5 Å². The van der Waals surface area contributed by atoms with Crippen LogP contribution in [0.2, 0.25) is 0 Å². The molecule has 0 fully saturated rings. The van der Waals surface area contributed by atoms with Gasteiger partial charge in [0.05, 0.1) is 0 Å². The summed E-state index contributed by atoms with van der Waals surface area (Å²) in [7, 11) is 0. The van der Waals surface area contributed by atoms with E-state index >= 15 is 0 Å². The van der Waals surface area contributed by atoms with Gasteiger partial charge in [-0.2, -0.15) is 0 Å². The van der Waals surface area contributed by atoms with Crippen molar-refractivity contribution >= 4 is 11.9 Å². The van der Waals surface area contributed by atoms with Gasteiger partial charge in [-0.3, -0.25) is 4.79 Å². The Hall–Kier alpha value is -3.42. The largest absolute Gasteiger partial charge is 0.426 e. The molecule has 0 amide bonds. The van der Waals surface area contributed by atoms with Gasteiger partial charge in [0.1, 0.15) is 23.7 Å². The lowest BCUT2D eigenvalue weighted by molar-refractivity contribution is -0.763. The minimum Gasteiger partial charge on any atom is -0.426 e. The molecule has 0 aliphatic heterocycles. The number of esters is 2. The van der Waals surface area contributed by atoms with E-state index < -0.39 is 17.0 Å². The molecule has 124 valence electrons. The number of rotatable bonds is 6. The Balaban J connectivity index is 2.21. The fourth-order valence-electron chi connectivity index (χ4n) is 1.88. The van der Waals surface area contributed by atoms with Crippen LogP contribution in [0.3, 0.4) is 0 Å². The zero-order chi connectivity index (χ0) is 17.5. The molecule has 0 spiro atoms. The lowest BCUT2D eigenvalue weighted by Gasteiger charge is -2.11. The first kappa shape index (κ1) is 16.9. The second-order valence-corrected chi connectivity index (χ2v) is 4.58. The zero-order valence-electron chi connectivity index (χ0n) is 12.6. The Bertz CT molecular complexity index is 773. The molecule has 2 aromatic carbocycles. The Labute approximate surface area is 136 Å². The third-order valence-electron chi connectivity index (χ3n) is 2.86. The minimum atomic E-state index is -0.936. The molecule has 2 aromatic rings. The maximum atomic E-state index is 12.3. The van der Waals surface area contributed by atoms with Crippen LogP contribution in [-0.2, 0) is 16.2 Å². The number of hydrogen-bond acceptors (Lipinski definition) is 7. The molecular formula is C16H13NO7. The SMILES string of the molecule is CC(=O)Oc1ccccc1C(=O)Oc1ccccc1CO[N+](=O)[O-]. The van der Waals surface area contributed by atoms with E-state index in [0.717, 1.165) is 0 Å². The Morgan fingerprint density at radius 1 is 1.00 bits per heavy atom. The van der Waals surface area contributed by atoms with Crippen molar-refractivity contribution in [2.75, 3.05) is 0 Å². The van der Waals surface area contributed by atoms with Gasteiger partial charge in [-0.15, -0.1) is 10.1 Å². The molecule has 0 atom stereocenters. The Morgan fingerprint density at radius 2 is 1.62 bits per heavy atom. The average Bonchev–Trinajstić information content (AvgIpc) is 2.54. The first-order valence-electron chi connectivity index (χ1n) is 6.82. The van der Waals surface area contributed by atoms with Crippen molar-refractivity contribution in [1.82, 2.24) is 0 Å². The molecule has 0 aliphatic carbocycles. The predicted octanol–water partition coefficient (Wildman–Crippen LogP) is 2.54. The van der Waals surface area contributed by atoms with Crippen LogP contribution in [0.4, 0.5) is 0 Å². The van der Waals surface area contributed by atoms with Gasteiger partial charge in [0.25, 0.3) is 5.09 Å². The van der Waals surface area contributed by atoms with Crippen LogP contribution in [0.15, 0.2) is 48.5 Å². The molecule has 0 saturated carbocycles. The highest BCUT2D eigenvalue weighted by Crippen LogP contribution is 2.24. The van der Waals surface area contributed by atoms with E-state index in [9.17, 15) is 19.7 Å². The quantitative estimate of drug-likeness (QED) is 0.346. The molecule has 0 aliphatic rings. The predicted molar refractivity (Wildman–Crippen MR) is 80.9 cm³/mol. The fraction of sp³-hybridized carbons (Fsp3) is 0.125. The van der Waals surface area contributed by atoms with E-state index in [1.165, 1.54) is 31.2 Å². The monoisotopic (exact) mass is 331 g/mol. The molecular weight excluding hydrogens is 318 g/mol. The fourth-order valence-corrected chi connectivity index (χ4v) is 1.88. The van der Waals surface area contributed by atoms with Crippen LogP contribution < -0.4 is 9.47 Å². The number of ether oxygens (including phenoxy) is 2. The Kier molecular flexibility index (Phi) is 5.45. The van der Waals surface area contributed by atoms with E-state index in [2.05, 4.69) is 4.84 Å². The third kappa shape index (κ3) is 4.54. The maximum absolute atomic E-state index is 12.3. The van der Waals surface area contributed by atoms with Crippen molar-refractivity contribution in [3.05, 3.63) is 69.8 Å². The maximum Gasteiger partial charge on any atom is 0.347 e. The van der Waals surface area contributed by atoms with Crippen LogP contribution >= 0.6 is 0 Å². The summed E-state index contributed by atoms with van der Waals surface area (Å²) in [5.74, 6) is -1.16. The number of hydrogen-bond donors (Lipinski definition) is 0. The first-order chi connectivity index (χ1) is 11.5. The molecule has 0 bridgehead atoms. The highest BCUT2D eigenvalue weighted by atomic mass is 16.9. The molecule has 0 saturated heterocycles. The highest BCUT2D eigenvalue weighted by molar-refractivity contribution is 5.94. The van der Waals surface area contributed by atoms with Gasteiger partial charge < -0.3 is 14.3 Å². The van der Waals surface area contributed by atoms with Crippen molar-refractivity contribution < 1.29 is 29.0 Å². The van der Waals surface area contributed by atoms with Crippen molar-refractivity contribution in [3.8, 4) is 11.5 Å². The van der Waals surface area contributed by atoms with Crippen LogP contribution in [0.5, 0.6) is 11.5 Å². The highest BCUT2D eigenvalue weighted by Gasteiger charge is 2.17. The van der Waals surface area contributed by atoms with Crippen LogP contribution in [0, 0.1) is 10.1 Å². The molecule has 24 heavy (non-hydrogen) atoms. The van der Waals surface area contributed by atoms with Gasteiger partial charge in [0.2, 0.25) is 0 Å². The van der Waals surface area contributed by atoms with Gasteiger partial charge in [0.15, 0.2) is 0 Å². The van der Waals surface area contributed by atoms with Crippen molar-refractivity contribution in [2.24, 2.45) is 0 Å². The molecule has 0 heterocycles. The minimum absolute atomic E-state index is 0.0534. The molecule has 2 rings (SSSR count). The van der Waals surface area contributed by atoms with E-state index in [1.807, 2.05) is 0 Å². The molecule has 0 radical (unpaired) electrons. The van der Waals surface area contributed by atoms with Crippen LogP contribution in [0.1, 0.15) is 22.8 Å². The molecule has 0 aromatic heterocycles. The normalized spacial score (nSPS) is 9.88. The molecule has 8 nitrogen and oxygen atoms in total. The standard InChI is InChI=1S/C16H13NO7/c1-11(18)23-15-9-5-3-7-13(15)16(19)24-14-8-4-2-6-12(14)10-22-17(20)21/h2-9H,10H2,1H3. The summed E-state index contributed by atoms with van der Waals surface area (Å²) in [4.78, 5) is 38.0. The summed E-state index contributed by atoms with van der Waals surface area (Å²) in [6.07, 6.45) is 0. The summed E-state index contributed by atoms with van der Waals surface area (Å²) >= 11 is 0. The molecule has 0 N–H and O–H groups in total. The van der Waals surface area contributed by atoms with Gasteiger partial charge >= 0.3 is 11.9 Å². The van der Waals surface area contributed by atoms with E-state index in [0.29, 0.717) is 5.56 Å². The van der Waals surface area contributed by atoms with Crippen LogP contribution in [-0.4, -0.2) is 17.0 Å². The van der Waals surface area contributed by atoms with Crippen LogP contribution in [0.25, 0.3) is 0 Å². The second kappa shape index (κ2) is 7.73. The van der Waals surface area contributed by atoms with Crippen molar-refractivity contribution in [1.29, 1.82) is 0 Å². The third-order valence-corrected chi connectivity index (χ3v) is 2.86. The lowest BCUT2D eigenvalue weighted by Crippen LogP contribution is -2.13. The summed E-state index contributed by atoms with van der Waals surface area (Å²) < 4.78 is 10.2.